The van der Waals surface area contributed by atoms with Crippen molar-refractivity contribution in [3.63, 3.8) is 0 Å². The molecular formula is C6H18MgN2. The van der Waals surface area contributed by atoms with Gasteiger partial charge in [-0.25, -0.2) is 0 Å². The van der Waals surface area contributed by atoms with E-state index in [0.717, 1.165) is 13.1 Å². The molecule has 0 fully saturated rings. The Kier molecular flexibility index (Phi) is 9.35. The van der Waals surface area contributed by atoms with Gasteiger partial charge in [-0.1, -0.05) is 0 Å². The van der Waals surface area contributed by atoms with Crippen molar-refractivity contribution in [1.29, 1.82) is 0 Å². The molecule has 0 saturated heterocycles. The van der Waals surface area contributed by atoms with Crippen LogP contribution in [-0.4, -0.2) is 74.1 Å². The van der Waals surface area contributed by atoms with Crippen LogP contribution in [0.2, 0.25) is 0 Å². The molecule has 0 aliphatic heterocycles. The van der Waals surface area contributed by atoms with Gasteiger partial charge in [0.2, 0.25) is 0 Å². The number of rotatable bonds is 3. The van der Waals surface area contributed by atoms with Crippen molar-refractivity contribution in [2.45, 2.75) is 0 Å². The first kappa shape index (κ1) is 12.4. The Morgan fingerprint density at radius 2 is 1.11 bits per heavy atom. The summed E-state index contributed by atoms with van der Waals surface area (Å²) < 4.78 is 0. The van der Waals surface area contributed by atoms with E-state index in [1.807, 2.05) is 0 Å². The molecule has 0 N–H and O–H groups in total. The molecule has 9 heavy (non-hydrogen) atoms. The summed E-state index contributed by atoms with van der Waals surface area (Å²) in [7, 11) is 8.35. The summed E-state index contributed by atoms with van der Waals surface area (Å²) in [4.78, 5) is 4.36. The van der Waals surface area contributed by atoms with Crippen molar-refractivity contribution in [3.8, 4) is 0 Å². The molecule has 0 saturated carbocycles. The zero-order valence-corrected chi connectivity index (χ0v) is 8.43. The molecule has 0 rings (SSSR count). The molecule has 2 nitrogen and oxygen atoms in total. The molecule has 0 atom stereocenters. The van der Waals surface area contributed by atoms with Gasteiger partial charge in [-0.15, -0.1) is 0 Å². The van der Waals surface area contributed by atoms with Gasteiger partial charge in [-0.05, 0) is 28.2 Å². The molecule has 0 spiro atoms. The summed E-state index contributed by atoms with van der Waals surface area (Å²) in [6.07, 6.45) is 0. The maximum absolute atomic E-state index is 2.18. The van der Waals surface area contributed by atoms with E-state index in [4.69, 9.17) is 0 Å². The van der Waals surface area contributed by atoms with Crippen LogP contribution in [0.25, 0.3) is 0 Å². The number of hydrogen-bond donors (Lipinski definition) is 0. The fourth-order valence-electron chi connectivity index (χ4n) is 0.400. The van der Waals surface area contributed by atoms with E-state index in [1.165, 1.54) is 0 Å². The molecule has 3 heteroatoms. The van der Waals surface area contributed by atoms with Crippen LogP contribution in [0.15, 0.2) is 0 Å². The number of hydrogen-bond acceptors (Lipinski definition) is 2. The van der Waals surface area contributed by atoms with Crippen molar-refractivity contribution in [3.05, 3.63) is 0 Å². The fraction of sp³-hybridized carbons (Fsp3) is 1.00. The Morgan fingerprint density at radius 3 is 1.22 bits per heavy atom. The molecule has 54 valence electrons. The Morgan fingerprint density at radius 1 is 0.889 bits per heavy atom. The molecule has 0 aromatic heterocycles. The van der Waals surface area contributed by atoms with Crippen LogP contribution < -0.4 is 0 Å². The van der Waals surface area contributed by atoms with E-state index in [2.05, 4.69) is 38.0 Å². The largest absolute Gasteiger partial charge is 2.00 e. The zero-order valence-electron chi connectivity index (χ0n) is 9.02. The third-order valence-electron chi connectivity index (χ3n) is 0.994. The SMILES string of the molecule is CN(C)CCN(C)C.[H-].[H-].[Mg+2]. The van der Waals surface area contributed by atoms with E-state index in [-0.39, 0.29) is 25.9 Å². The quantitative estimate of drug-likeness (QED) is 0.510. The Balaban J connectivity index is -0.0000000817. The minimum absolute atomic E-state index is 0. The molecule has 0 radical (unpaired) electrons. The second-order valence-electron chi connectivity index (χ2n) is 2.61. The van der Waals surface area contributed by atoms with Gasteiger partial charge in [0.1, 0.15) is 0 Å². The Hall–Kier alpha value is 0.686. The Labute approximate surface area is 77.3 Å². The standard InChI is InChI=1S/C6H16N2.Mg.2H/c1-7(2)5-6-8(3)4;;;/h5-6H2,1-4H3;;;/q;+2;2*-1. The summed E-state index contributed by atoms with van der Waals surface area (Å²) in [6.45, 7) is 2.29. The zero-order chi connectivity index (χ0) is 6.57. The molecule has 0 heterocycles. The first-order chi connectivity index (χ1) is 3.63. The van der Waals surface area contributed by atoms with Crippen LogP contribution in [0.3, 0.4) is 0 Å². The first-order valence-corrected chi connectivity index (χ1v) is 2.92. The van der Waals surface area contributed by atoms with Crippen LogP contribution >= 0.6 is 0 Å². The van der Waals surface area contributed by atoms with Gasteiger partial charge in [0.25, 0.3) is 0 Å². The monoisotopic (exact) mass is 142 g/mol. The summed E-state index contributed by atoms with van der Waals surface area (Å²) in [5, 5.41) is 0. The van der Waals surface area contributed by atoms with Crippen LogP contribution in [0, 0.1) is 0 Å². The number of likely N-dealkylation sites (N-methyl/N-ethyl adjacent to an activating group) is 2. The molecule has 0 aliphatic rings. The maximum atomic E-state index is 2.18. The van der Waals surface area contributed by atoms with E-state index in [0.29, 0.717) is 0 Å². The minimum atomic E-state index is 0. The van der Waals surface area contributed by atoms with E-state index in [9.17, 15) is 0 Å². The predicted molar refractivity (Wildman–Crippen MR) is 45.1 cm³/mol. The molecule has 0 aromatic carbocycles. The van der Waals surface area contributed by atoms with Crippen molar-refractivity contribution in [2.75, 3.05) is 41.3 Å². The summed E-state index contributed by atoms with van der Waals surface area (Å²) in [6, 6.07) is 0. The van der Waals surface area contributed by atoms with Gasteiger partial charge in [0, 0.05) is 13.1 Å². The van der Waals surface area contributed by atoms with E-state index >= 15 is 0 Å². The topological polar surface area (TPSA) is 6.48 Å². The van der Waals surface area contributed by atoms with Crippen LogP contribution in [0.4, 0.5) is 0 Å². The summed E-state index contributed by atoms with van der Waals surface area (Å²) in [5.41, 5.74) is 0. The van der Waals surface area contributed by atoms with Crippen molar-refractivity contribution in [2.24, 2.45) is 0 Å². The van der Waals surface area contributed by atoms with Gasteiger partial charge in [-0.2, -0.15) is 0 Å². The molecule has 0 bridgehead atoms. The molecule has 0 amide bonds. The van der Waals surface area contributed by atoms with Gasteiger partial charge in [0.15, 0.2) is 0 Å². The van der Waals surface area contributed by atoms with Crippen molar-refractivity contribution in [1.82, 2.24) is 9.80 Å². The van der Waals surface area contributed by atoms with Crippen molar-refractivity contribution >= 4 is 23.1 Å². The first-order valence-electron chi connectivity index (χ1n) is 2.92. The van der Waals surface area contributed by atoms with Gasteiger partial charge in [0.05, 0.1) is 0 Å². The van der Waals surface area contributed by atoms with E-state index < -0.39 is 0 Å². The van der Waals surface area contributed by atoms with Gasteiger partial charge < -0.3 is 12.7 Å². The molecular weight excluding hydrogens is 124 g/mol. The smallest absolute Gasteiger partial charge is 1.00 e. The summed E-state index contributed by atoms with van der Waals surface area (Å²) in [5.74, 6) is 0. The predicted octanol–water partition coefficient (Wildman–Crippen LogP) is -0.0462. The average molecular weight is 143 g/mol. The maximum Gasteiger partial charge on any atom is 2.00 e. The van der Waals surface area contributed by atoms with Gasteiger partial charge >= 0.3 is 23.1 Å². The van der Waals surface area contributed by atoms with Crippen LogP contribution in [-0.2, 0) is 0 Å². The third kappa shape index (κ3) is 12.0. The fourth-order valence-corrected chi connectivity index (χ4v) is 0.400. The second kappa shape index (κ2) is 6.80. The van der Waals surface area contributed by atoms with Crippen LogP contribution in [0.5, 0.6) is 0 Å². The minimum Gasteiger partial charge on any atom is -1.00 e. The summed E-state index contributed by atoms with van der Waals surface area (Å²) >= 11 is 0. The second-order valence-corrected chi connectivity index (χ2v) is 2.61. The van der Waals surface area contributed by atoms with Crippen molar-refractivity contribution < 1.29 is 2.85 Å². The average Bonchev–Trinajstić information content (AvgIpc) is 1.61. The van der Waals surface area contributed by atoms with Crippen LogP contribution in [0.1, 0.15) is 2.85 Å². The molecule has 0 aliphatic carbocycles. The normalized spacial score (nSPS) is 10.0. The number of nitrogens with zero attached hydrogens (tertiary/aromatic N) is 2. The molecule has 0 unspecified atom stereocenters. The molecule has 0 aromatic rings. The third-order valence-corrected chi connectivity index (χ3v) is 0.994. The van der Waals surface area contributed by atoms with Gasteiger partial charge in [-0.3, -0.25) is 0 Å². The van der Waals surface area contributed by atoms with E-state index in [1.54, 1.807) is 0 Å². The Bertz CT molecular complexity index is 54.5.